The molecule has 0 radical (unpaired) electrons. The molecule has 1 saturated heterocycles. The molecular weight excluding hydrogens is 391 g/mol. The number of aromatic nitrogens is 3. The zero-order chi connectivity index (χ0) is 21.1. The number of likely N-dealkylation sites (tertiary alicyclic amines) is 1. The first-order valence-corrected chi connectivity index (χ1v) is 9.59. The highest BCUT2D eigenvalue weighted by atomic mass is 19.1. The number of ether oxygens (including phenoxy) is 3. The van der Waals surface area contributed by atoms with Crippen LogP contribution in [0.1, 0.15) is 21.7 Å². The van der Waals surface area contributed by atoms with E-state index >= 15 is 0 Å². The van der Waals surface area contributed by atoms with E-state index in [1.165, 1.54) is 7.11 Å². The quantitative estimate of drug-likeness (QED) is 0.594. The average molecular weight is 414 g/mol. The van der Waals surface area contributed by atoms with Crippen molar-refractivity contribution in [3.8, 4) is 5.88 Å². The fourth-order valence-electron chi connectivity index (χ4n) is 3.54. The van der Waals surface area contributed by atoms with Crippen LogP contribution in [0.15, 0.2) is 36.5 Å². The Labute approximate surface area is 173 Å². The summed E-state index contributed by atoms with van der Waals surface area (Å²) in [5.41, 5.74) is 2.83. The van der Waals surface area contributed by atoms with Crippen LogP contribution in [0.25, 0.3) is 11.0 Å². The van der Waals surface area contributed by atoms with Gasteiger partial charge in [0.15, 0.2) is 0 Å². The lowest BCUT2D eigenvalue weighted by Gasteiger charge is -2.15. The molecule has 3 aromatic rings. The van der Waals surface area contributed by atoms with Crippen LogP contribution in [-0.4, -0.2) is 65.4 Å². The van der Waals surface area contributed by atoms with Crippen LogP contribution in [0.3, 0.4) is 0 Å². The van der Waals surface area contributed by atoms with Crippen molar-refractivity contribution in [1.29, 1.82) is 0 Å². The number of alkyl halides is 1. The largest absolute Gasteiger partial charge is 0.481 e. The SMILES string of the molecule is COC(=O)c1ccc2nc(COC3CN(Cc4ccc(OC)nc4)CC3F)[nH]c2c1. The third kappa shape index (κ3) is 4.42. The molecule has 9 heteroatoms. The Morgan fingerprint density at radius 2 is 2.13 bits per heavy atom. The Balaban J connectivity index is 1.34. The molecule has 1 N–H and O–H groups in total. The maximum Gasteiger partial charge on any atom is 0.337 e. The van der Waals surface area contributed by atoms with E-state index in [4.69, 9.17) is 14.2 Å². The van der Waals surface area contributed by atoms with Crippen molar-refractivity contribution in [2.45, 2.75) is 25.4 Å². The molecule has 0 aliphatic carbocycles. The molecule has 158 valence electrons. The Morgan fingerprint density at radius 3 is 2.87 bits per heavy atom. The number of imidazole rings is 1. The monoisotopic (exact) mass is 414 g/mol. The molecule has 0 amide bonds. The minimum atomic E-state index is -1.08. The van der Waals surface area contributed by atoms with Crippen molar-refractivity contribution in [1.82, 2.24) is 19.9 Å². The fraction of sp³-hybridized carbons (Fsp3) is 0.381. The van der Waals surface area contributed by atoms with E-state index in [0.717, 1.165) is 5.56 Å². The van der Waals surface area contributed by atoms with Crippen LogP contribution in [0.5, 0.6) is 5.88 Å². The third-order valence-corrected chi connectivity index (χ3v) is 5.07. The van der Waals surface area contributed by atoms with Gasteiger partial charge in [0.1, 0.15) is 24.7 Å². The molecule has 1 aromatic carbocycles. The number of methoxy groups -OCH3 is 2. The number of nitrogens with one attached hydrogen (secondary N) is 1. The first-order chi connectivity index (χ1) is 14.6. The zero-order valence-electron chi connectivity index (χ0n) is 16.8. The summed E-state index contributed by atoms with van der Waals surface area (Å²) in [6.45, 7) is 1.54. The van der Waals surface area contributed by atoms with Crippen LogP contribution >= 0.6 is 0 Å². The Kier molecular flexibility index (Phi) is 5.91. The number of benzene rings is 1. The number of hydrogen-bond acceptors (Lipinski definition) is 7. The molecule has 2 atom stereocenters. The number of carbonyl (C=O) groups is 1. The summed E-state index contributed by atoms with van der Waals surface area (Å²) in [7, 11) is 2.90. The van der Waals surface area contributed by atoms with E-state index in [0.29, 0.717) is 47.9 Å². The van der Waals surface area contributed by atoms with E-state index in [1.54, 1.807) is 37.6 Å². The molecule has 0 bridgehead atoms. The molecule has 1 aliphatic heterocycles. The average Bonchev–Trinajstić information content (AvgIpc) is 3.33. The van der Waals surface area contributed by atoms with Gasteiger partial charge in [0, 0.05) is 31.9 Å². The summed E-state index contributed by atoms with van der Waals surface area (Å²) < 4.78 is 30.0. The van der Waals surface area contributed by atoms with Gasteiger partial charge in [-0.3, -0.25) is 4.90 Å². The number of H-pyrrole nitrogens is 1. The number of esters is 1. The standard InChI is InChI=1S/C21H23FN4O4/c1-28-20-6-3-13(8-23-20)9-26-10-15(22)18(11-26)30-12-19-24-16-5-4-14(21(27)29-2)7-17(16)25-19/h3-8,15,18H,9-12H2,1-2H3,(H,24,25). The van der Waals surface area contributed by atoms with Crippen LogP contribution in [-0.2, 0) is 22.6 Å². The highest BCUT2D eigenvalue weighted by Gasteiger charge is 2.33. The molecule has 2 aromatic heterocycles. The first-order valence-electron chi connectivity index (χ1n) is 9.59. The minimum Gasteiger partial charge on any atom is -0.481 e. The summed E-state index contributed by atoms with van der Waals surface area (Å²) in [5.74, 6) is 0.717. The maximum atomic E-state index is 14.5. The molecule has 4 rings (SSSR count). The molecule has 30 heavy (non-hydrogen) atoms. The second-order valence-corrected chi connectivity index (χ2v) is 7.18. The Morgan fingerprint density at radius 1 is 1.27 bits per heavy atom. The van der Waals surface area contributed by atoms with Gasteiger partial charge in [0.05, 0.1) is 30.8 Å². The number of aromatic amines is 1. The number of halogens is 1. The molecule has 0 spiro atoms. The number of hydrogen-bond donors (Lipinski definition) is 1. The Bertz CT molecular complexity index is 1020. The van der Waals surface area contributed by atoms with Crippen molar-refractivity contribution in [3.63, 3.8) is 0 Å². The topological polar surface area (TPSA) is 89.6 Å². The summed E-state index contributed by atoms with van der Waals surface area (Å²) in [4.78, 5) is 25.4. The van der Waals surface area contributed by atoms with Crippen molar-refractivity contribution in [2.24, 2.45) is 0 Å². The Hall–Kier alpha value is -3.04. The van der Waals surface area contributed by atoms with Crippen LogP contribution in [0.4, 0.5) is 4.39 Å². The van der Waals surface area contributed by atoms with Gasteiger partial charge in [-0.05, 0) is 23.8 Å². The van der Waals surface area contributed by atoms with Gasteiger partial charge in [0.25, 0.3) is 0 Å². The highest BCUT2D eigenvalue weighted by molar-refractivity contribution is 5.93. The molecular formula is C21H23FN4O4. The zero-order valence-corrected chi connectivity index (χ0v) is 16.8. The van der Waals surface area contributed by atoms with Gasteiger partial charge in [0.2, 0.25) is 5.88 Å². The van der Waals surface area contributed by atoms with E-state index in [2.05, 4.69) is 15.0 Å². The lowest BCUT2D eigenvalue weighted by Crippen LogP contribution is -2.24. The predicted molar refractivity (Wildman–Crippen MR) is 107 cm³/mol. The number of rotatable bonds is 7. The van der Waals surface area contributed by atoms with Gasteiger partial charge in [-0.2, -0.15) is 0 Å². The minimum absolute atomic E-state index is 0.158. The smallest absolute Gasteiger partial charge is 0.337 e. The first kappa shape index (κ1) is 20.2. The van der Waals surface area contributed by atoms with E-state index in [9.17, 15) is 9.18 Å². The molecule has 2 unspecified atom stereocenters. The number of pyridine rings is 1. The number of fused-ring (bicyclic) bond motifs is 1. The van der Waals surface area contributed by atoms with Crippen LogP contribution in [0, 0.1) is 0 Å². The van der Waals surface area contributed by atoms with Crippen LogP contribution < -0.4 is 4.74 Å². The van der Waals surface area contributed by atoms with Crippen molar-refractivity contribution >= 4 is 17.0 Å². The van der Waals surface area contributed by atoms with Crippen molar-refractivity contribution < 1.29 is 23.4 Å². The van der Waals surface area contributed by atoms with Crippen molar-refractivity contribution in [3.05, 3.63) is 53.5 Å². The summed E-state index contributed by atoms with van der Waals surface area (Å²) >= 11 is 0. The highest BCUT2D eigenvalue weighted by Crippen LogP contribution is 2.21. The summed E-state index contributed by atoms with van der Waals surface area (Å²) in [6, 6.07) is 8.78. The summed E-state index contributed by atoms with van der Waals surface area (Å²) in [6.07, 6.45) is 0.124. The summed E-state index contributed by atoms with van der Waals surface area (Å²) in [5, 5.41) is 0. The van der Waals surface area contributed by atoms with Crippen LogP contribution in [0.2, 0.25) is 0 Å². The molecule has 1 fully saturated rings. The van der Waals surface area contributed by atoms with Gasteiger partial charge in [-0.25, -0.2) is 19.2 Å². The van der Waals surface area contributed by atoms with E-state index in [1.807, 2.05) is 11.0 Å². The lowest BCUT2D eigenvalue weighted by atomic mass is 10.2. The number of carbonyl (C=O) groups excluding carboxylic acids is 1. The molecule has 0 saturated carbocycles. The number of nitrogens with zero attached hydrogens (tertiary/aromatic N) is 3. The van der Waals surface area contributed by atoms with E-state index < -0.39 is 18.2 Å². The predicted octanol–water partition coefficient (Wildman–Crippen LogP) is 2.49. The molecule has 1 aliphatic rings. The van der Waals surface area contributed by atoms with Crippen molar-refractivity contribution in [2.75, 3.05) is 27.3 Å². The third-order valence-electron chi connectivity index (χ3n) is 5.07. The van der Waals surface area contributed by atoms with Gasteiger partial charge < -0.3 is 19.2 Å². The van der Waals surface area contributed by atoms with Gasteiger partial charge >= 0.3 is 5.97 Å². The lowest BCUT2D eigenvalue weighted by molar-refractivity contribution is 0.00863. The van der Waals surface area contributed by atoms with E-state index in [-0.39, 0.29) is 6.61 Å². The second kappa shape index (κ2) is 8.76. The van der Waals surface area contributed by atoms with Gasteiger partial charge in [-0.15, -0.1) is 0 Å². The maximum absolute atomic E-state index is 14.5. The fourth-order valence-corrected chi connectivity index (χ4v) is 3.54. The molecule has 8 nitrogen and oxygen atoms in total. The normalized spacial score (nSPS) is 19.3. The second-order valence-electron chi connectivity index (χ2n) is 7.18. The van der Waals surface area contributed by atoms with Gasteiger partial charge in [-0.1, -0.05) is 6.07 Å². The molecule has 3 heterocycles.